The van der Waals surface area contributed by atoms with E-state index in [1.165, 1.54) is 29.5 Å². The van der Waals surface area contributed by atoms with E-state index in [1.807, 2.05) is 6.07 Å². The number of anilines is 1. The second kappa shape index (κ2) is 10.1. The maximum Gasteiger partial charge on any atom is 0.305 e. The number of carbonyl (C=O) groups is 1. The van der Waals surface area contributed by atoms with Crippen molar-refractivity contribution in [2.24, 2.45) is 0 Å². The SMILES string of the molecule is CC(C)(C)c1ccc(C(c2ccccc2)c2csc(N(CCC(=O)O)C3CCCC3)n2)cc1. The van der Waals surface area contributed by atoms with Crippen LogP contribution in [-0.2, 0) is 10.2 Å². The van der Waals surface area contributed by atoms with E-state index < -0.39 is 5.97 Å². The van der Waals surface area contributed by atoms with Crippen LogP contribution in [0.2, 0.25) is 0 Å². The second-order valence-corrected chi connectivity index (χ2v) is 10.9. The Hall–Kier alpha value is -2.66. The molecule has 33 heavy (non-hydrogen) atoms. The first kappa shape index (κ1) is 23.5. The van der Waals surface area contributed by atoms with Crippen LogP contribution in [0.15, 0.2) is 60.0 Å². The van der Waals surface area contributed by atoms with E-state index >= 15 is 0 Å². The summed E-state index contributed by atoms with van der Waals surface area (Å²) in [5.41, 5.74) is 4.90. The van der Waals surface area contributed by atoms with Gasteiger partial charge in [0, 0.05) is 18.0 Å². The predicted molar refractivity (Wildman–Crippen MR) is 136 cm³/mol. The number of carboxylic acid groups (broad SMARTS) is 1. The molecule has 1 N–H and O–H groups in total. The summed E-state index contributed by atoms with van der Waals surface area (Å²) in [6.07, 6.45) is 4.79. The minimum absolute atomic E-state index is 0.0510. The summed E-state index contributed by atoms with van der Waals surface area (Å²) in [5.74, 6) is -0.703. The van der Waals surface area contributed by atoms with E-state index in [2.05, 4.69) is 79.6 Å². The molecule has 0 bridgehead atoms. The number of rotatable bonds is 8. The van der Waals surface area contributed by atoms with E-state index in [0.29, 0.717) is 12.6 Å². The molecule has 4 rings (SSSR count). The van der Waals surface area contributed by atoms with Crippen molar-refractivity contribution in [1.29, 1.82) is 0 Å². The maximum atomic E-state index is 11.3. The van der Waals surface area contributed by atoms with Crippen molar-refractivity contribution < 1.29 is 9.90 Å². The number of nitrogens with zero attached hydrogens (tertiary/aromatic N) is 2. The molecule has 1 saturated carbocycles. The van der Waals surface area contributed by atoms with Gasteiger partial charge < -0.3 is 10.0 Å². The van der Waals surface area contributed by atoms with Crippen molar-refractivity contribution in [2.45, 2.75) is 70.3 Å². The summed E-state index contributed by atoms with van der Waals surface area (Å²) in [7, 11) is 0. The fourth-order valence-corrected chi connectivity index (χ4v) is 5.71. The molecule has 0 aliphatic heterocycles. The van der Waals surface area contributed by atoms with E-state index in [-0.39, 0.29) is 17.8 Å². The van der Waals surface area contributed by atoms with Crippen molar-refractivity contribution in [3.8, 4) is 0 Å². The molecule has 1 aliphatic rings. The summed E-state index contributed by atoms with van der Waals surface area (Å²) in [6.45, 7) is 7.22. The Balaban J connectivity index is 1.69. The number of hydrogen-bond acceptors (Lipinski definition) is 4. The van der Waals surface area contributed by atoms with Gasteiger partial charge in [-0.2, -0.15) is 0 Å². The highest BCUT2D eigenvalue weighted by Gasteiger charge is 2.27. The van der Waals surface area contributed by atoms with Crippen LogP contribution < -0.4 is 4.90 Å². The Morgan fingerprint density at radius 1 is 1.06 bits per heavy atom. The standard InChI is InChI=1S/C28H34N2O2S/c1-28(2,3)22-15-13-21(14-16-22)26(20-9-5-4-6-10-20)24-19-33-27(29-24)30(18-17-25(31)32)23-11-7-8-12-23/h4-6,9-10,13-16,19,23,26H,7-8,11-12,17-18H2,1-3H3,(H,31,32). The quantitative estimate of drug-likeness (QED) is 0.398. The molecule has 0 spiro atoms. The minimum Gasteiger partial charge on any atom is -0.481 e. The lowest BCUT2D eigenvalue weighted by Crippen LogP contribution is -2.35. The van der Waals surface area contributed by atoms with Crippen LogP contribution in [0.5, 0.6) is 0 Å². The normalized spacial score (nSPS) is 15.5. The summed E-state index contributed by atoms with van der Waals surface area (Å²) in [5, 5.41) is 12.4. The van der Waals surface area contributed by atoms with Gasteiger partial charge >= 0.3 is 5.97 Å². The van der Waals surface area contributed by atoms with E-state index in [9.17, 15) is 9.90 Å². The van der Waals surface area contributed by atoms with Gasteiger partial charge in [-0.05, 0) is 34.9 Å². The lowest BCUT2D eigenvalue weighted by Gasteiger charge is -2.28. The van der Waals surface area contributed by atoms with Crippen molar-refractivity contribution in [3.05, 3.63) is 82.4 Å². The number of aromatic nitrogens is 1. The molecule has 3 aromatic rings. The zero-order valence-corrected chi connectivity index (χ0v) is 20.6. The fraction of sp³-hybridized carbons (Fsp3) is 0.429. The Labute approximate surface area is 201 Å². The molecule has 1 heterocycles. The van der Waals surface area contributed by atoms with Crippen LogP contribution in [0, 0.1) is 0 Å². The molecule has 0 radical (unpaired) electrons. The van der Waals surface area contributed by atoms with E-state index in [0.717, 1.165) is 23.7 Å². The largest absolute Gasteiger partial charge is 0.481 e. The highest BCUT2D eigenvalue weighted by Crippen LogP contribution is 2.37. The van der Waals surface area contributed by atoms with E-state index in [4.69, 9.17) is 4.98 Å². The molecule has 1 atom stereocenters. The molecule has 1 aromatic heterocycles. The predicted octanol–water partition coefficient (Wildman–Crippen LogP) is 6.84. The first-order chi connectivity index (χ1) is 15.8. The zero-order chi connectivity index (χ0) is 23.4. The molecule has 1 unspecified atom stereocenters. The van der Waals surface area contributed by atoms with Gasteiger partial charge in [0.2, 0.25) is 0 Å². The number of thiazole rings is 1. The molecule has 5 heteroatoms. The summed E-state index contributed by atoms with van der Waals surface area (Å²) in [6, 6.07) is 19.9. The first-order valence-corrected chi connectivity index (χ1v) is 12.8. The Bertz CT molecular complexity index is 1050. The highest BCUT2D eigenvalue weighted by molar-refractivity contribution is 7.13. The third-order valence-corrected chi connectivity index (χ3v) is 7.52. The van der Waals surface area contributed by atoms with E-state index in [1.54, 1.807) is 11.3 Å². The van der Waals surface area contributed by atoms with Crippen molar-refractivity contribution in [2.75, 3.05) is 11.4 Å². The van der Waals surface area contributed by atoms with Gasteiger partial charge in [-0.25, -0.2) is 4.98 Å². The molecule has 174 valence electrons. The zero-order valence-electron chi connectivity index (χ0n) is 19.8. The van der Waals surface area contributed by atoms with Crippen LogP contribution in [0.25, 0.3) is 0 Å². The number of benzene rings is 2. The van der Waals surface area contributed by atoms with Crippen LogP contribution in [0.4, 0.5) is 5.13 Å². The number of carboxylic acids is 1. The molecular formula is C28H34N2O2S. The lowest BCUT2D eigenvalue weighted by atomic mass is 9.83. The first-order valence-electron chi connectivity index (χ1n) is 11.9. The Morgan fingerprint density at radius 3 is 2.30 bits per heavy atom. The van der Waals surface area contributed by atoms with Gasteiger partial charge in [0.05, 0.1) is 18.0 Å². The van der Waals surface area contributed by atoms with Gasteiger partial charge in [-0.3, -0.25) is 4.79 Å². The molecule has 0 saturated heterocycles. The third-order valence-electron chi connectivity index (χ3n) is 6.63. The van der Waals surface area contributed by atoms with Crippen molar-refractivity contribution in [1.82, 2.24) is 4.98 Å². The summed E-state index contributed by atoms with van der Waals surface area (Å²) < 4.78 is 0. The van der Waals surface area contributed by atoms with Gasteiger partial charge in [0.15, 0.2) is 5.13 Å². The van der Waals surface area contributed by atoms with Crippen LogP contribution >= 0.6 is 11.3 Å². The molecule has 4 nitrogen and oxygen atoms in total. The summed E-state index contributed by atoms with van der Waals surface area (Å²) in [4.78, 5) is 18.6. The van der Waals surface area contributed by atoms with Crippen LogP contribution in [-0.4, -0.2) is 28.6 Å². The smallest absolute Gasteiger partial charge is 0.305 e. The highest BCUT2D eigenvalue weighted by atomic mass is 32.1. The minimum atomic E-state index is -0.754. The molecule has 2 aromatic carbocycles. The third kappa shape index (κ3) is 5.64. The maximum absolute atomic E-state index is 11.3. The lowest BCUT2D eigenvalue weighted by molar-refractivity contribution is -0.136. The second-order valence-electron chi connectivity index (χ2n) is 10.0. The van der Waals surface area contributed by atoms with Gasteiger partial charge in [-0.15, -0.1) is 11.3 Å². The van der Waals surface area contributed by atoms with Gasteiger partial charge in [-0.1, -0.05) is 88.2 Å². The van der Waals surface area contributed by atoms with Crippen molar-refractivity contribution in [3.63, 3.8) is 0 Å². The fourth-order valence-electron chi connectivity index (χ4n) is 4.76. The Kier molecular flexibility index (Phi) is 7.18. The molecule has 1 aliphatic carbocycles. The van der Waals surface area contributed by atoms with Crippen molar-refractivity contribution >= 4 is 22.4 Å². The molecule has 1 fully saturated rings. The van der Waals surface area contributed by atoms with Gasteiger partial charge in [0.1, 0.15) is 0 Å². The van der Waals surface area contributed by atoms with Gasteiger partial charge in [0.25, 0.3) is 0 Å². The molecular weight excluding hydrogens is 428 g/mol. The number of aliphatic carboxylic acids is 1. The molecule has 0 amide bonds. The van der Waals surface area contributed by atoms with Crippen LogP contribution in [0.3, 0.4) is 0 Å². The number of hydrogen-bond donors (Lipinski definition) is 1. The topological polar surface area (TPSA) is 53.4 Å². The monoisotopic (exact) mass is 462 g/mol. The van der Waals surface area contributed by atoms with Crippen LogP contribution in [0.1, 0.15) is 81.2 Å². The Morgan fingerprint density at radius 2 is 1.70 bits per heavy atom. The average molecular weight is 463 g/mol. The summed E-state index contributed by atoms with van der Waals surface area (Å²) >= 11 is 1.64. The average Bonchev–Trinajstić information content (AvgIpc) is 3.48.